The predicted molar refractivity (Wildman–Crippen MR) is 77.0 cm³/mol. The number of anilines is 1. The molecule has 1 atom stereocenters. The first-order valence-corrected chi connectivity index (χ1v) is 6.94. The molecular formula is C14H17N5O2. The normalized spacial score (nSPS) is 15.7. The van der Waals surface area contributed by atoms with Crippen LogP contribution in [0.15, 0.2) is 29.3 Å². The first-order chi connectivity index (χ1) is 10.0. The van der Waals surface area contributed by atoms with Crippen LogP contribution in [-0.4, -0.2) is 25.5 Å². The number of rotatable bonds is 4. The van der Waals surface area contributed by atoms with E-state index in [0.29, 0.717) is 11.6 Å². The van der Waals surface area contributed by atoms with Crippen LogP contribution in [0.1, 0.15) is 37.4 Å². The van der Waals surface area contributed by atoms with E-state index in [0.717, 1.165) is 18.5 Å². The Morgan fingerprint density at radius 2 is 2.19 bits per heavy atom. The zero-order valence-corrected chi connectivity index (χ0v) is 12.0. The van der Waals surface area contributed by atoms with Crippen LogP contribution in [0.4, 0.5) is 5.69 Å². The molecule has 21 heavy (non-hydrogen) atoms. The van der Waals surface area contributed by atoms with Crippen molar-refractivity contribution in [3.63, 3.8) is 0 Å². The van der Waals surface area contributed by atoms with Crippen LogP contribution in [0.5, 0.6) is 0 Å². The Kier molecular flexibility index (Phi) is 3.32. The van der Waals surface area contributed by atoms with Crippen LogP contribution in [0, 0.1) is 0 Å². The molecule has 1 saturated carbocycles. The molecule has 1 unspecified atom stereocenters. The van der Waals surface area contributed by atoms with Crippen molar-refractivity contribution < 1.29 is 4.79 Å². The molecule has 1 aliphatic carbocycles. The van der Waals surface area contributed by atoms with Crippen LogP contribution >= 0.6 is 0 Å². The molecule has 7 nitrogen and oxygen atoms in total. The third-order valence-corrected chi connectivity index (χ3v) is 3.56. The molecule has 2 aromatic heterocycles. The highest BCUT2D eigenvalue weighted by Gasteiger charge is 2.27. The van der Waals surface area contributed by atoms with Crippen LogP contribution in [0.25, 0.3) is 0 Å². The average molecular weight is 287 g/mol. The van der Waals surface area contributed by atoms with Crippen molar-refractivity contribution in [2.45, 2.75) is 31.7 Å². The second-order valence-electron chi connectivity index (χ2n) is 5.38. The maximum Gasteiger partial charge on any atom is 0.267 e. The first kappa shape index (κ1) is 13.5. The molecule has 1 fully saturated rings. The Balaban J connectivity index is 1.80. The topological polar surface area (TPSA) is 81.8 Å². The molecule has 1 amide bonds. The van der Waals surface area contributed by atoms with Crippen molar-refractivity contribution in [1.29, 1.82) is 0 Å². The van der Waals surface area contributed by atoms with E-state index in [-0.39, 0.29) is 11.5 Å². The third-order valence-electron chi connectivity index (χ3n) is 3.56. The highest BCUT2D eigenvalue weighted by molar-refractivity contribution is 5.93. The Morgan fingerprint density at radius 3 is 2.81 bits per heavy atom. The summed E-state index contributed by atoms with van der Waals surface area (Å²) < 4.78 is 2.85. The zero-order chi connectivity index (χ0) is 15.0. The van der Waals surface area contributed by atoms with E-state index in [1.807, 2.05) is 0 Å². The van der Waals surface area contributed by atoms with Gasteiger partial charge in [0.25, 0.3) is 5.56 Å². The summed E-state index contributed by atoms with van der Waals surface area (Å²) in [5, 5.41) is 11.0. The Hall–Kier alpha value is -2.44. The van der Waals surface area contributed by atoms with Gasteiger partial charge in [-0.05, 0) is 25.8 Å². The molecule has 110 valence electrons. The average Bonchev–Trinajstić information content (AvgIpc) is 3.22. The Labute approximate surface area is 121 Å². The number of carbonyl (C=O) groups is 1. The molecule has 0 saturated heterocycles. The van der Waals surface area contributed by atoms with Gasteiger partial charge in [-0.1, -0.05) is 0 Å². The summed E-state index contributed by atoms with van der Waals surface area (Å²) >= 11 is 0. The van der Waals surface area contributed by atoms with Crippen molar-refractivity contribution >= 4 is 11.6 Å². The molecule has 0 bridgehead atoms. The number of hydrogen-bond donors (Lipinski definition) is 1. The molecule has 3 rings (SSSR count). The van der Waals surface area contributed by atoms with E-state index in [9.17, 15) is 9.59 Å². The summed E-state index contributed by atoms with van der Waals surface area (Å²) in [7, 11) is 1.77. The number of nitrogens with one attached hydrogen (secondary N) is 1. The lowest BCUT2D eigenvalue weighted by Gasteiger charge is -2.14. The number of amides is 1. The fourth-order valence-corrected chi connectivity index (χ4v) is 2.16. The summed E-state index contributed by atoms with van der Waals surface area (Å²) in [6, 6.07) is 2.56. The van der Waals surface area contributed by atoms with Gasteiger partial charge in [0.2, 0.25) is 5.91 Å². The monoisotopic (exact) mass is 287 g/mol. The molecular weight excluding hydrogens is 270 g/mol. The lowest BCUT2D eigenvalue weighted by atomic mass is 10.2. The SMILES string of the molecule is CC(C(=O)Nc1cnn(C)c1)n1nc(C2CC2)ccc1=O. The van der Waals surface area contributed by atoms with Gasteiger partial charge in [-0.15, -0.1) is 0 Å². The van der Waals surface area contributed by atoms with Gasteiger partial charge in [0.15, 0.2) is 0 Å². The maximum atomic E-state index is 12.2. The molecule has 0 aromatic carbocycles. The zero-order valence-electron chi connectivity index (χ0n) is 12.0. The van der Waals surface area contributed by atoms with E-state index in [1.165, 1.54) is 10.7 Å². The van der Waals surface area contributed by atoms with Gasteiger partial charge in [0.05, 0.1) is 17.6 Å². The van der Waals surface area contributed by atoms with Crippen molar-refractivity contribution in [1.82, 2.24) is 19.6 Å². The largest absolute Gasteiger partial charge is 0.322 e. The van der Waals surface area contributed by atoms with E-state index in [4.69, 9.17) is 0 Å². The molecule has 1 N–H and O–H groups in total. The number of nitrogens with zero attached hydrogens (tertiary/aromatic N) is 4. The van der Waals surface area contributed by atoms with Crippen molar-refractivity contribution in [3.8, 4) is 0 Å². The van der Waals surface area contributed by atoms with Crippen LogP contribution < -0.4 is 10.9 Å². The first-order valence-electron chi connectivity index (χ1n) is 6.94. The summed E-state index contributed by atoms with van der Waals surface area (Å²) in [5.41, 5.74) is 1.21. The molecule has 2 aromatic rings. The second-order valence-corrected chi connectivity index (χ2v) is 5.38. The molecule has 1 aliphatic rings. The van der Waals surface area contributed by atoms with E-state index < -0.39 is 6.04 Å². The lowest BCUT2D eigenvalue weighted by Crippen LogP contribution is -2.33. The number of hydrogen-bond acceptors (Lipinski definition) is 4. The Bertz CT molecular complexity index is 729. The minimum absolute atomic E-state index is 0.270. The van der Waals surface area contributed by atoms with Crippen LogP contribution in [-0.2, 0) is 11.8 Å². The smallest absolute Gasteiger partial charge is 0.267 e. The van der Waals surface area contributed by atoms with E-state index in [2.05, 4.69) is 15.5 Å². The van der Waals surface area contributed by atoms with Crippen molar-refractivity contribution in [3.05, 3.63) is 40.6 Å². The number of carbonyl (C=O) groups excluding carboxylic acids is 1. The Morgan fingerprint density at radius 1 is 1.43 bits per heavy atom. The predicted octanol–water partition coefficient (Wildman–Crippen LogP) is 1.05. The molecule has 2 heterocycles. The molecule has 0 aliphatic heterocycles. The molecule has 0 radical (unpaired) electrons. The minimum atomic E-state index is -0.670. The van der Waals surface area contributed by atoms with Crippen LogP contribution in [0.3, 0.4) is 0 Å². The summed E-state index contributed by atoms with van der Waals surface area (Å²) in [6.07, 6.45) is 5.45. The second kappa shape index (κ2) is 5.16. The minimum Gasteiger partial charge on any atom is -0.322 e. The van der Waals surface area contributed by atoms with Gasteiger partial charge < -0.3 is 5.32 Å². The van der Waals surface area contributed by atoms with E-state index >= 15 is 0 Å². The van der Waals surface area contributed by atoms with Gasteiger partial charge >= 0.3 is 0 Å². The van der Waals surface area contributed by atoms with Crippen molar-refractivity contribution in [2.24, 2.45) is 7.05 Å². The van der Waals surface area contributed by atoms with Gasteiger partial charge in [0.1, 0.15) is 6.04 Å². The van der Waals surface area contributed by atoms with Crippen molar-refractivity contribution in [2.75, 3.05) is 5.32 Å². The fourth-order valence-electron chi connectivity index (χ4n) is 2.16. The molecule has 0 spiro atoms. The lowest BCUT2D eigenvalue weighted by molar-refractivity contribution is -0.119. The van der Waals surface area contributed by atoms with Gasteiger partial charge in [-0.2, -0.15) is 10.2 Å². The highest BCUT2D eigenvalue weighted by atomic mass is 16.2. The number of aryl methyl sites for hydroxylation is 1. The molecule has 7 heteroatoms. The van der Waals surface area contributed by atoms with Gasteiger partial charge in [0, 0.05) is 25.2 Å². The third kappa shape index (κ3) is 2.86. The van der Waals surface area contributed by atoms with Gasteiger partial charge in [-0.3, -0.25) is 14.3 Å². The summed E-state index contributed by atoms with van der Waals surface area (Å²) in [4.78, 5) is 24.1. The highest BCUT2D eigenvalue weighted by Crippen LogP contribution is 2.38. The summed E-state index contributed by atoms with van der Waals surface area (Å²) in [6.45, 7) is 1.66. The van der Waals surface area contributed by atoms with Crippen LogP contribution in [0.2, 0.25) is 0 Å². The van der Waals surface area contributed by atoms with E-state index in [1.54, 1.807) is 37.1 Å². The van der Waals surface area contributed by atoms with Gasteiger partial charge in [-0.25, -0.2) is 4.68 Å². The fraction of sp³-hybridized carbons (Fsp3) is 0.429. The number of aromatic nitrogens is 4. The quantitative estimate of drug-likeness (QED) is 0.911. The maximum absolute atomic E-state index is 12.2. The summed E-state index contributed by atoms with van der Waals surface area (Å²) in [5.74, 6) is 0.149. The standard InChI is InChI=1S/C14H17N5O2/c1-9(14(21)16-11-7-15-18(2)8-11)19-13(20)6-5-12(17-19)10-3-4-10/h5-10H,3-4H2,1-2H3,(H,16,21).